The first kappa shape index (κ1) is 20.0. The molecular weight excluding hydrogens is 338 g/mol. The highest BCUT2D eigenvalue weighted by Crippen LogP contribution is 2.24. The molecule has 144 valence electrons. The van der Waals surface area contributed by atoms with Crippen LogP contribution >= 0.6 is 0 Å². The van der Waals surface area contributed by atoms with Gasteiger partial charge in [-0.05, 0) is 42.9 Å². The Morgan fingerprint density at radius 2 is 1.77 bits per heavy atom. The molecule has 0 aliphatic carbocycles. The topological polar surface area (TPSA) is 85.3 Å². The van der Waals surface area contributed by atoms with Crippen LogP contribution in [0.15, 0.2) is 18.2 Å². The number of hydrogen-bond donors (Lipinski definition) is 1. The highest BCUT2D eigenvalue weighted by atomic mass is 16.5. The molecule has 1 fully saturated rings. The van der Waals surface area contributed by atoms with Crippen molar-refractivity contribution in [2.24, 2.45) is 5.92 Å². The number of rotatable bonds is 9. The van der Waals surface area contributed by atoms with Crippen LogP contribution in [0.3, 0.4) is 0 Å². The fraction of sp³-hybridized carbons (Fsp3) is 0.579. The van der Waals surface area contributed by atoms with Gasteiger partial charge in [0.05, 0.1) is 14.2 Å². The van der Waals surface area contributed by atoms with Crippen LogP contribution in [0.25, 0.3) is 0 Å². The van der Waals surface area contributed by atoms with E-state index in [1.165, 1.54) is 4.90 Å². The summed E-state index contributed by atoms with van der Waals surface area (Å²) < 4.78 is 15.8. The number of methoxy groups -OCH3 is 2. The average molecular weight is 365 g/mol. The van der Waals surface area contributed by atoms with Crippen LogP contribution in [0.5, 0.6) is 11.5 Å². The number of ether oxygens (including phenoxy) is 3. The van der Waals surface area contributed by atoms with Crippen molar-refractivity contribution in [2.75, 3.05) is 34.0 Å². The van der Waals surface area contributed by atoms with Crippen molar-refractivity contribution >= 4 is 11.9 Å². The molecule has 1 heterocycles. The van der Waals surface area contributed by atoms with E-state index >= 15 is 0 Å². The Kier molecular flexibility index (Phi) is 7.72. The van der Waals surface area contributed by atoms with Crippen molar-refractivity contribution in [3.63, 3.8) is 0 Å². The Labute approximate surface area is 153 Å². The third-order valence-electron chi connectivity index (χ3n) is 4.57. The van der Waals surface area contributed by atoms with Crippen LogP contribution in [0.2, 0.25) is 0 Å². The Morgan fingerprint density at radius 1 is 1.15 bits per heavy atom. The minimum absolute atomic E-state index is 0.152. The molecule has 0 aromatic heterocycles. The minimum Gasteiger partial charge on any atom is -0.497 e. The molecule has 0 spiro atoms. The molecule has 0 unspecified atom stereocenters. The summed E-state index contributed by atoms with van der Waals surface area (Å²) in [6, 6.07) is 5.30. The molecule has 0 bridgehead atoms. The van der Waals surface area contributed by atoms with Gasteiger partial charge in [-0.25, -0.2) is 0 Å². The Morgan fingerprint density at radius 3 is 2.31 bits per heavy atom. The van der Waals surface area contributed by atoms with Crippen molar-refractivity contribution in [3.05, 3.63) is 23.8 Å². The van der Waals surface area contributed by atoms with E-state index in [0.717, 1.165) is 38.0 Å². The monoisotopic (exact) mass is 365 g/mol. The van der Waals surface area contributed by atoms with E-state index in [1.54, 1.807) is 32.4 Å². The van der Waals surface area contributed by atoms with Crippen LogP contribution in [-0.4, -0.2) is 55.9 Å². The second kappa shape index (κ2) is 10.0. The second-order valence-electron chi connectivity index (χ2n) is 6.46. The molecule has 1 amide bonds. The fourth-order valence-corrected chi connectivity index (χ4v) is 3.09. The third kappa shape index (κ3) is 6.22. The summed E-state index contributed by atoms with van der Waals surface area (Å²) in [6.07, 6.45) is 3.03. The molecule has 0 saturated carbocycles. The van der Waals surface area contributed by atoms with E-state index < -0.39 is 5.97 Å². The molecule has 26 heavy (non-hydrogen) atoms. The van der Waals surface area contributed by atoms with Gasteiger partial charge in [-0.1, -0.05) is 0 Å². The molecule has 1 aliphatic heterocycles. The van der Waals surface area contributed by atoms with Crippen molar-refractivity contribution in [1.82, 2.24) is 4.90 Å². The molecule has 7 heteroatoms. The lowest BCUT2D eigenvalue weighted by molar-refractivity contribution is -0.145. The molecule has 7 nitrogen and oxygen atoms in total. The maximum absolute atomic E-state index is 12.6. The van der Waals surface area contributed by atoms with Crippen LogP contribution < -0.4 is 9.47 Å². The van der Waals surface area contributed by atoms with E-state index in [2.05, 4.69) is 0 Å². The molecule has 1 N–H and O–H groups in total. The van der Waals surface area contributed by atoms with Crippen molar-refractivity contribution in [1.29, 1.82) is 0 Å². The average Bonchev–Trinajstić information content (AvgIpc) is 2.65. The van der Waals surface area contributed by atoms with E-state index in [1.807, 2.05) is 0 Å². The molecule has 1 aromatic carbocycles. The lowest BCUT2D eigenvalue weighted by Crippen LogP contribution is -2.35. The van der Waals surface area contributed by atoms with E-state index in [0.29, 0.717) is 23.8 Å². The Balaban J connectivity index is 2.03. The standard InChI is InChI=1S/C19H27NO6/c1-24-16-9-15(10-17(11-16)25-2)12-20(13-19(22)23)18(21)4-3-14-5-7-26-8-6-14/h9-11,14H,3-8,12-13H2,1-2H3,(H,22,23). The van der Waals surface area contributed by atoms with E-state index in [-0.39, 0.29) is 19.0 Å². The first-order chi connectivity index (χ1) is 12.5. The van der Waals surface area contributed by atoms with Crippen molar-refractivity contribution < 1.29 is 28.9 Å². The summed E-state index contributed by atoms with van der Waals surface area (Å²) in [5.41, 5.74) is 0.766. The van der Waals surface area contributed by atoms with Crippen LogP contribution in [0.4, 0.5) is 0 Å². The predicted octanol–water partition coefficient (Wildman–Crippen LogP) is 2.32. The molecular formula is C19H27NO6. The first-order valence-corrected chi connectivity index (χ1v) is 8.81. The number of carboxylic acid groups (broad SMARTS) is 1. The molecule has 1 saturated heterocycles. The van der Waals surface area contributed by atoms with Gasteiger partial charge in [0.1, 0.15) is 18.0 Å². The predicted molar refractivity (Wildman–Crippen MR) is 95.4 cm³/mol. The zero-order valence-electron chi connectivity index (χ0n) is 15.4. The second-order valence-corrected chi connectivity index (χ2v) is 6.46. The summed E-state index contributed by atoms with van der Waals surface area (Å²) in [5.74, 6) is 0.491. The highest BCUT2D eigenvalue weighted by molar-refractivity contribution is 5.81. The maximum atomic E-state index is 12.6. The van der Waals surface area contributed by atoms with Gasteiger partial charge in [-0.3, -0.25) is 9.59 Å². The van der Waals surface area contributed by atoms with Gasteiger partial charge in [0, 0.05) is 32.2 Å². The zero-order chi connectivity index (χ0) is 18.9. The van der Waals surface area contributed by atoms with Gasteiger partial charge >= 0.3 is 5.97 Å². The van der Waals surface area contributed by atoms with Crippen molar-refractivity contribution in [3.8, 4) is 11.5 Å². The van der Waals surface area contributed by atoms with Gasteiger partial charge in [-0.2, -0.15) is 0 Å². The van der Waals surface area contributed by atoms with E-state index in [9.17, 15) is 9.59 Å². The normalized spacial score (nSPS) is 14.7. The molecule has 2 rings (SSSR count). The summed E-state index contributed by atoms with van der Waals surface area (Å²) in [4.78, 5) is 25.2. The summed E-state index contributed by atoms with van der Waals surface area (Å²) in [6.45, 7) is 1.35. The van der Waals surface area contributed by atoms with Gasteiger partial charge in [0.25, 0.3) is 0 Å². The Bertz CT molecular complexity index is 590. The lowest BCUT2D eigenvalue weighted by Gasteiger charge is -2.25. The number of amides is 1. The summed E-state index contributed by atoms with van der Waals surface area (Å²) >= 11 is 0. The molecule has 1 aromatic rings. The highest BCUT2D eigenvalue weighted by Gasteiger charge is 2.21. The number of carbonyl (C=O) groups is 2. The summed E-state index contributed by atoms with van der Waals surface area (Å²) in [5, 5.41) is 9.17. The van der Waals surface area contributed by atoms with Gasteiger partial charge in [-0.15, -0.1) is 0 Å². The van der Waals surface area contributed by atoms with Crippen LogP contribution in [0, 0.1) is 5.92 Å². The molecule has 0 radical (unpaired) electrons. The fourth-order valence-electron chi connectivity index (χ4n) is 3.09. The minimum atomic E-state index is -1.03. The van der Waals surface area contributed by atoms with Gasteiger partial charge in [0.2, 0.25) is 5.91 Å². The molecule has 1 aliphatic rings. The van der Waals surface area contributed by atoms with Gasteiger partial charge < -0.3 is 24.2 Å². The quantitative estimate of drug-likeness (QED) is 0.723. The Hall–Kier alpha value is -2.28. The maximum Gasteiger partial charge on any atom is 0.323 e. The lowest BCUT2D eigenvalue weighted by atomic mass is 9.94. The summed E-state index contributed by atoms with van der Waals surface area (Å²) in [7, 11) is 3.10. The smallest absolute Gasteiger partial charge is 0.323 e. The zero-order valence-corrected chi connectivity index (χ0v) is 15.4. The number of nitrogens with zero attached hydrogens (tertiary/aromatic N) is 1. The molecule has 0 atom stereocenters. The van der Waals surface area contributed by atoms with Crippen LogP contribution in [-0.2, 0) is 20.9 Å². The number of benzene rings is 1. The van der Waals surface area contributed by atoms with Gasteiger partial charge in [0.15, 0.2) is 0 Å². The third-order valence-corrected chi connectivity index (χ3v) is 4.57. The largest absolute Gasteiger partial charge is 0.497 e. The first-order valence-electron chi connectivity index (χ1n) is 8.81. The van der Waals surface area contributed by atoms with Crippen molar-refractivity contribution in [2.45, 2.75) is 32.2 Å². The number of hydrogen-bond acceptors (Lipinski definition) is 5. The SMILES string of the molecule is COc1cc(CN(CC(=O)O)C(=O)CCC2CCOCC2)cc(OC)c1. The van der Waals surface area contributed by atoms with E-state index in [4.69, 9.17) is 19.3 Å². The number of carboxylic acids is 1. The number of carbonyl (C=O) groups excluding carboxylic acids is 1. The number of aliphatic carboxylic acids is 1. The van der Waals surface area contributed by atoms with Crippen LogP contribution in [0.1, 0.15) is 31.2 Å².